The highest BCUT2D eigenvalue weighted by molar-refractivity contribution is 7.85. The minimum Gasteiger partial charge on any atom is -0.341 e. The van der Waals surface area contributed by atoms with Crippen molar-refractivity contribution in [2.75, 3.05) is 11.9 Å². The van der Waals surface area contributed by atoms with E-state index in [1.807, 2.05) is 97.1 Å². The summed E-state index contributed by atoms with van der Waals surface area (Å²) in [6.07, 6.45) is 0. The van der Waals surface area contributed by atoms with Gasteiger partial charge in [0.25, 0.3) is 0 Å². The van der Waals surface area contributed by atoms with Crippen molar-refractivity contribution < 1.29 is 4.57 Å². The van der Waals surface area contributed by atoms with Crippen LogP contribution in [0.25, 0.3) is 28.1 Å². The summed E-state index contributed by atoms with van der Waals surface area (Å²) in [5.41, 5.74) is 5.94. The Bertz CT molecular complexity index is 1770. The van der Waals surface area contributed by atoms with E-state index in [1.165, 1.54) is 0 Å². The summed E-state index contributed by atoms with van der Waals surface area (Å²) in [5, 5.41) is 2.45. The van der Waals surface area contributed by atoms with E-state index in [0.29, 0.717) is 0 Å². The van der Waals surface area contributed by atoms with Crippen LogP contribution in [0.2, 0.25) is 0 Å². The molecule has 37 heavy (non-hydrogen) atoms. The van der Waals surface area contributed by atoms with Gasteiger partial charge in [0.2, 0.25) is 0 Å². The Labute approximate surface area is 215 Å². The number of fused-ring (bicyclic) bond motifs is 2. The van der Waals surface area contributed by atoms with Crippen LogP contribution in [-0.4, -0.2) is 16.6 Å². The standard InChI is InChI=1S/C32H24N3OP/c1-34-27-19-11-12-20-28(27)35-30-26(33-32(35)23-13-5-2-6-14-23)21-22-29(31(30)34)37(36,24-15-7-3-8-16-24)25-17-9-4-10-18-25/h2-22H,1H3. The molecule has 0 fully saturated rings. The molecule has 1 aliphatic heterocycles. The lowest BCUT2D eigenvalue weighted by atomic mass is 10.1. The SMILES string of the molecule is CN1c2ccccc2-n2c(-c3ccccc3)nc3ccc(P(=O)(c4ccccc4)c4ccccc4)c1c32. The molecule has 0 N–H and O–H groups in total. The summed E-state index contributed by atoms with van der Waals surface area (Å²) in [4.78, 5) is 7.29. The van der Waals surface area contributed by atoms with Crippen molar-refractivity contribution in [3.63, 3.8) is 0 Å². The lowest BCUT2D eigenvalue weighted by Gasteiger charge is -2.33. The predicted octanol–water partition coefficient (Wildman–Crippen LogP) is 6.41. The number of hydrogen-bond acceptors (Lipinski definition) is 3. The molecule has 2 heterocycles. The van der Waals surface area contributed by atoms with Gasteiger partial charge in [0, 0.05) is 28.5 Å². The first-order chi connectivity index (χ1) is 18.2. The Kier molecular flexibility index (Phi) is 4.92. The van der Waals surface area contributed by atoms with Crippen molar-refractivity contribution in [3.8, 4) is 17.1 Å². The molecule has 0 bridgehead atoms. The molecular weight excluding hydrogens is 473 g/mol. The molecule has 7 rings (SSSR count). The molecule has 1 aliphatic rings. The fourth-order valence-electron chi connectivity index (χ4n) is 5.50. The van der Waals surface area contributed by atoms with Gasteiger partial charge in [-0.1, -0.05) is 103 Å². The zero-order chi connectivity index (χ0) is 25.0. The van der Waals surface area contributed by atoms with E-state index in [2.05, 4.69) is 46.8 Å². The van der Waals surface area contributed by atoms with Gasteiger partial charge in [-0.05, 0) is 24.3 Å². The molecule has 0 amide bonds. The van der Waals surface area contributed by atoms with Gasteiger partial charge in [-0.15, -0.1) is 0 Å². The van der Waals surface area contributed by atoms with Crippen molar-refractivity contribution in [2.24, 2.45) is 0 Å². The third-order valence-electron chi connectivity index (χ3n) is 7.20. The second-order valence-corrected chi connectivity index (χ2v) is 12.0. The van der Waals surface area contributed by atoms with E-state index in [4.69, 9.17) is 4.98 Å². The minimum atomic E-state index is -3.22. The van der Waals surface area contributed by atoms with E-state index < -0.39 is 7.14 Å². The molecule has 1 aromatic heterocycles. The van der Waals surface area contributed by atoms with Crippen molar-refractivity contribution in [1.29, 1.82) is 0 Å². The maximum atomic E-state index is 15.5. The van der Waals surface area contributed by atoms with Gasteiger partial charge in [0.15, 0.2) is 7.14 Å². The molecule has 0 radical (unpaired) electrons. The number of benzene rings is 5. The number of hydrogen-bond donors (Lipinski definition) is 0. The molecule has 0 saturated carbocycles. The normalized spacial score (nSPS) is 12.5. The number of rotatable bonds is 4. The molecule has 0 spiro atoms. The first-order valence-corrected chi connectivity index (χ1v) is 14.0. The van der Waals surface area contributed by atoms with E-state index in [9.17, 15) is 0 Å². The molecule has 0 aliphatic carbocycles. The maximum absolute atomic E-state index is 15.5. The Morgan fingerprint density at radius 1 is 0.622 bits per heavy atom. The Balaban J connectivity index is 1.63. The monoisotopic (exact) mass is 497 g/mol. The molecule has 5 aromatic carbocycles. The Morgan fingerprint density at radius 2 is 1.16 bits per heavy atom. The van der Waals surface area contributed by atoms with E-state index in [-0.39, 0.29) is 0 Å². The Hall–Kier alpha value is -4.40. The summed E-state index contributed by atoms with van der Waals surface area (Å²) in [7, 11) is -1.15. The number of nitrogens with zero attached hydrogens (tertiary/aromatic N) is 3. The predicted molar refractivity (Wildman–Crippen MR) is 154 cm³/mol. The molecule has 0 saturated heterocycles. The quantitative estimate of drug-likeness (QED) is 0.264. The molecule has 4 nitrogen and oxygen atoms in total. The van der Waals surface area contributed by atoms with Gasteiger partial charge in [0.05, 0.1) is 28.1 Å². The Morgan fingerprint density at radius 3 is 1.78 bits per heavy atom. The molecule has 6 aromatic rings. The first kappa shape index (κ1) is 21.8. The topological polar surface area (TPSA) is 38.1 Å². The summed E-state index contributed by atoms with van der Waals surface area (Å²) < 4.78 is 17.7. The highest BCUT2D eigenvalue weighted by atomic mass is 31.2. The smallest absolute Gasteiger partial charge is 0.173 e. The van der Waals surface area contributed by atoms with E-state index in [1.54, 1.807) is 0 Å². The van der Waals surface area contributed by atoms with Gasteiger partial charge in [-0.3, -0.25) is 4.57 Å². The van der Waals surface area contributed by atoms with Gasteiger partial charge < -0.3 is 9.46 Å². The van der Waals surface area contributed by atoms with Crippen LogP contribution in [0.4, 0.5) is 11.4 Å². The van der Waals surface area contributed by atoms with E-state index >= 15 is 4.57 Å². The van der Waals surface area contributed by atoms with Crippen molar-refractivity contribution >= 4 is 45.5 Å². The van der Waals surface area contributed by atoms with Crippen molar-refractivity contribution in [2.45, 2.75) is 0 Å². The summed E-state index contributed by atoms with van der Waals surface area (Å²) in [5.74, 6) is 0.879. The van der Waals surface area contributed by atoms with Crippen LogP contribution in [0.15, 0.2) is 127 Å². The molecular formula is C32H24N3OP. The average molecular weight is 498 g/mol. The number of para-hydroxylation sites is 2. The summed E-state index contributed by atoms with van der Waals surface area (Å²) in [6.45, 7) is 0. The third kappa shape index (κ3) is 3.16. The van der Waals surface area contributed by atoms with Crippen LogP contribution >= 0.6 is 7.14 Å². The second-order valence-electron chi connectivity index (χ2n) is 9.27. The van der Waals surface area contributed by atoms with Gasteiger partial charge in [-0.25, -0.2) is 4.98 Å². The molecule has 178 valence electrons. The minimum absolute atomic E-state index is 0.815. The van der Waals surface area contributed by atoms with Crippen LogP contribution in [0.1, 0.15) is 0 Å². The maximum Gasteiger partial charge on any atom is 0.173 e. The number of aromatic nitrogens is 2. The first-order valence-electron chi connectivity index (χ1n) is 12.3. The van der Waals surface area contributed by atoms with Gasteiger partial charge in [0.1, 0.15) is 5.82 Å². The van der Waals surface area contributed by atoms with Gasteiger partial charge in [-0.2, -0.15) is 0 Å². The zero-order valence-corrected chi connectivity index (χ0v) is 21.2. The van der Waals surface area contributed by atoms with Crippen LogP contribution in [0, 0.1) is 0 Å². The lowest BCUT2D eigenvalue weighted by Crippen LogP contribution is -2.31. The average Bonchev–Trinajstić information content (AvgIpc) is 3.37. The lowest BCUT2D eigenvalue weighted by molar-refractivity contribution is 0.592. The fourth-order valence-corrected chi connectivity index (χ4v) is 8.38. The number of imidazole rings is 1. The van der Waals surface area contributed by atoms with Crippen molar-refractivity contribution in [3.05, 3.63) is 127 Å². The van der Waals surface area contributed by atoms with Crippen LogP contribution < -0.4 is 20.8 Å². The highest BCUT2D eigenvalue weighted by Crippen LogP contribution is 2.51. The molecule has 0 atom stereocenters. The largest absolute Gasteiger partial charge is 0.341 e. The highest BCUT2D eigenvalue weighted by Gasteiger charge is 2.37. The molecule has 0 unspecified atom stereocenters. The van der Waals surface area contributed by atoms with Crippen LogP contribution in [-0.2, 0) is 4.57 Å². The molecule has 5 heteroatoms. The van der Waals surface area contributed by atoms with Crippen LogP contribution in [0.5, 0.6) is 0 Å². The fraction of sp³-hybridized carbons (Fsp3) is 0.0312. The second kappa shape index (κ2) is 8.33. The summed E-state index contributed by atoms with van der Waals surface area (Å²) >= 11 is 0. The van der Waals surface area contributed by atoms with Gasteiger partial charge >= 0.3 is 0 Å². The van der Waals surface area contributed by atoms with E-state index in [0.717, 1.165) is 55.4 Å². The van der Waals surface area contributed by atoms with Crippen molar-refractivity contribution in [1.82, 2.24) is 9.55 Å². The number of anilines is 2. The van der Waals surface area contributed by atoms with Crippen LogP contribution in [0.3, 0.4) is 0 Å². The third-order valence-corrected chi connectivity index (χ3v) is 10.3. The summed E-state index contributed by atoms with van der Waals surface area (Å²) in [6, 6.07) is 42.4. The zero-order valence-electron chi connectivity index (χ0n) is 20.3.